The Hall–Kier alpha value is -2.75. The van der Waals surface area contributed by atoms with Crippen LogP contribution in [-0.2, 0) is 21.4 Å². The number of fused-ring (bicyclic) bond motifs is 2. The molecule has 0 bridgehead atoms. The summed E-state index contributed by atoms with van der Waals surface area (Å²) in [5.74, 6) is -1.16. The number of halogens is 3. The lowest BCUT2D eigenvalue weighted by molar-refractivity contribution is -0.122. The van der Waals surface area contributed by atoms with E-state index in [0.717, 1.165) is 5.76 Å². The van der Waals surface area contributed by atoms with Crippen LogP contribution in [0.15, 0.2) is 59.2 Å². The van der Waals surface area contributed by atoms with Gasteiger partial charge < -0.3 is 25.3 Å². The van der Waals surface area contributed by atoms with Gasteiger partial charge >= 0.3 is 0 Å². The first-order valence-electron chi connectivity index (χ1n) is 12.9. The van der Waals surface area contributed by atoms with Gasteiger partial charge in [0.15, 0.2) is 0 Å². The summed E-state index contributed by atoms with van der Waals surface area (Å²) in [4.78, 5) is 27.8. The fourth-order valence-electron chi connectivity index (χ4n) is 6.16. The van der Waals surface area contributed by atoms with E-state index in [9.17, 15) is 19.1 Å². The van der Waals surface area contributed by atoms with Crippen molar-refractivity contribution in [2.45, 2.75) is 61.6 Å². The maximum Gasteiger partial charge on any atom is 0.237 e. The number of benzene rings is 2. The first kappa shape index (κ1) is 27.8. The van der Waals surface area contributed by atoms with Gasteiger partial charge in [0, 0.05) is 35.5 Å². The molecular weight excluding hydrogens is 546 g/mol. The second-order valence-electron chi connectivity index (χ2n) is 10.2. The lowest BCUT2D eigenvalue weighted by Crippen LogP contribution is -2.48. The van der Waals surface area contributed by atoms with Gasteiger partial charge in [0.05, 0.1) is 30.0 Å². The van der Waals surface area contributed by atoms with Crippen molar-refractivity contribution in [3.8, 4) is 0 Å². The van der Waals surface area contributed by atoms with Gasteiger partial charge in [-0.25, -0.2) is 4.39 Å². The molecule has 39 heavy (non-hydrogen) atoms. The number of hydrogen-bond acceptors (Lipinski definition) is 6. The third-order valence-electron chi connectivity index (χ3n) is 7.87. The van der Waals surface area contributed by atoms with Crippen LogP contribution in [0.25, 0.3) is 0 Å². The predicted octanol–water partition coefficient (Wildman–Crippen LogP) is 4.77. The molecule has 2 aliphatic rings. The van der Waals surface area contributed by atoms with Crippen molar-refractivity contribution in [3.05, 3.63) is 87.5 Å². The highest BCUT2D eigenvalue weighted by Gasteiger charge is 2.65. The largest absolute Gasteiger partial charge is 0.469 e. The van der Waals surface area contributed by atoms with Crippen LogP contribution < -0.4 is 10.6 Å². The highest BCUT2D eigenvalue weighted by atomic mass is 35.5. The van der Waals surface area contributed by atoms with Crippen LogP contribution in [0.4, 0.5) is 10.1 Å². The predicted molar refractivity (Wildman–Crippen MR) is 146 cm³/mol. The Kier molecular flexibility index (Phi) is 8.12. The number of furan rings is 1. The lowest BCUT2D eigenvalue weighted by Gasteiger charge is -2.35. The van der Waals surface area contributed by atoms with Crippen molar-refractivity contribution >= 4 is 40.6 Å². The van der Waals surface area contributed by atoms with Crippen LogP contribution in [0.1, 0.15) is 48.5 Å². The standard InChI is InChI=1S/C29H29Cl2FN2O5/c30-17-5-1-4-16(12-17)26-27(24(37)8-2-6-18(36)15-35)34-25(10-9-19-7-3-11-39-19)29(26)20-13-22(32)21(31)14-23(20)33-28(29)38/h1,3-5,7,11-14,18,25-27,34-36H,2,6,8-10,15H2,(H,33,38)/t18-,25+,26-,27-,29-/m0/s1. The maximum atomic E-state index is 15.0. The van der Waals surface area contributed by atoms with Crippen LogP contribution in [0, 0.1) is 5.82 Å². The topological polar surface area (TPSA) is 112 Å². The molecule has 10 heteroatoms. The maximum absolute atomic E-state index is 15.0. The Bertz CT molecular complexity index is 1370. The zero-order chi connectivity index (χ0) is 27.7. The molecule has 5 rings (SSSR count). The summed E-state index contributed by atoms with van der Waals surface area (Å²) in [5.41, 5.74) is 0.163. The highest BCUT2D eigenvalue weighted by molar-refractivity contribution is 6.31. The molecule has 3 heterocycles. The minimum Gasteiger partial charge on any atom is -0.469 e. The van der Waals surface area contributed by atoms with E-state index in [0.29, 0.717) is 41.1 Å². The Morgan fingerprint density at radius 2 is 2.00 bits per heavy atom. The molecular formula is C29H29Cl2FN2O5. The molecule has 0 unspecified atom stereocenters. The molecule has 4 N–H and O–H groups in total. The zero-order valence-corrected chi connectivity index (χ0v) is 22.5. The number of ketones is 1. The van der Waals surface area contributed by atoms with Gasteiger partial charge in [0.25, 0.3) is 0 Å². The van der Waals surface area contributed by atoms with E-state index < -0.39 is 35.3 Å². The van der Waals surface area contributed by atoms with Gasteiger partial charge in [-0.15, -0.1) is 0 Å². The van der Waals surface area contributed by atoms with Gasteiger partial charge in [0.1, 0.15) is 22.8 Å². The molecule has 3 aromatic rings. The summed E-state index contributed by atoms with van der Waals surface area (Å²) in [5, 5.41) is 25.6. The molecule has 2 aliphatic heterocycles. The number of aliphatic hydroxyl groups excluding tert-OH is 2. The summed E-state index contributed by atoms with van der Waals surface area (Å²) in [6, 6.07) is 12.0. The average molecular weight is 575 g/mol. The average Bonchev–Trinajstić information content (AvgIpc) is 3.61. The molecule has 7 nitrogen and oxygen atoms in total. The van der Waals surface area contributed by atoms with Crippen LogP contribution in [-0.4, -0.2) is 46.7 Å². The second kappa shape index (κ2) is 11.4. The van der Waals surface area contributed by atoms with Crippen LogP contribution in [0.3, 0.4) is 0 Å². The Morgan fingerprint density at radius 3 is 2.72 bits per heavy atom. The van der Waals surface area contributed by atoms with Crippen molar-refractivity contribution in [2.75, 3.05) is 11.9 Å². The third kappa shape index (κ3) is 5.12. The van der Waals surface area contributed by atoms with Gasteiger partial charge in [0.2, 0.25) is 5.91 Å². The summed E-state index contributed by atoms with van der Waals surface area (Å²) >= 11 is 12.5. The molecule has 1 saturated heterocycles. The smallest absolute Gasteiger partial charge is 0.237 e. The number of anilines is 1. The quantitative estimate of drug-likeness (QED) is 0.277. The third-order valence-corrected chi connectivity index (χ3v) is 8.39. The normalized spacial score (nSPS) is 24.6. The minimum atomic E-state index is -1.34. The number of hydrogen-bond donors (Lipinski definition) is 4. The first-order valence-corrected chi connectivity index (χ1v) is 13.7. The van der Waals surface area contributed by atoms with E-state index in [1.54, 1.807) is 30.5 Å². The van der Waals surface area contributed by atoms with E-state index in [2.05, 4.69) is 10.6 Å². The number of aryl methyl sites for hydroxylation is 1. The highest BCUT2D eigenvalue weighted by Crippen LogP contribution is 2.56. The van der Waals surface area contributed by atoms with Crippen LogP contribution >= 0.6 is 23.2 Å². The molecule has 5 atom stereocenters. The summed E-state index contributed by atoms with van der Waals surface area (Å²) in [6.07, 6.45) is 2.31. The summed E-state index contributed by atoms with van der Waals surface area (Å²) in [7, 11) is 0. The van der Waals surface area contributed by atoms with Crippen molar-refractivity contribution in [1.29, 1.82) is 0 Å². The van der Waals surface area contributed by atoms with Gasteiger partial charge in [-0.2, -0.15) is 0 Å². The van der Waals surface area contributed by atoms with Gasteiger partial charge in [-0.3, -0.25) is 9.59 Å². The van der Waals surface area contributed by atoms with Crippen molar-refractivity contribution < 1.29 is 28.6 Å². The van der Waals surface area contributed by atoms with Gasteiger partial charge in [-0.1, -0.05) is 35.3 Å². The Labute approximate surface area is 235 Å². The number of amides is 1. The molecule has 2 aromatic carbocycles. The molecule has 1 fully saturated rings. The molecule has 1 aromatic heterocycles. The van der Waals surface area contributed by atoms with Gasteiger partial charge in [-0.05, 0) is 66.8 Å². The zero-order valence-electron chi connectivity index (χ0n) is 21.0. The Morgan fingerprint density at radius 1 is 1.18 bits per heavy atom. The SMILES string of the molecule is O=C(CCC[C@H](O)CO)[C@@H]1N[C@H](CCc2ccco2)[C@]2(C(=O)Nc3cc(Cl)c(F)cc32)[C@H]1c1cccc(Cl)c1. The molecule has 0 saturated carbocycles. The number of carbonyl (C=O) groups is 2. The number of Topliss-reactive ketones (excluding diaryl/α,β-unsaturated/α-hetero) is 1. The summed E-state index contributed by atoms with van der Waals surface area (Å²) < 4.78 is 20.5. The molecule has 206 valence electrons. The van der Waals surface area contributed by atoms with Crippen molar-refractivity contribution in [2.24, 2.45) is 0 Å². The van der Waals surface area contributed by atoms with E-state index >= 15 is 0 Å². The van der Waals surface area contributed by atoms with E-state index in [4.69, 9.17) is 32.7 Å². The van der Waals surface area contributed by atoms with Crippen molar-refractivity contribution in [3.63, 3.8) is 0 Å². The monoisotopic (exact) mass is 574 g/mol. The fraction of sp³-hybridized carbons (Fsp3) is 0.379. The van der Waals surface area contributed by atoms with Crippen LogP contribution in [0.5, 0.6) is 0 Å². The number of aliphatic hydroxyl groups is 2. The second-order valence-corrected chi connectivity index (χ2v) is 11.0. The van der Waals surface area contributed by atoms with E-state index in [1.165, 1.54) is 12.1 Å². The lowest BCUT2D eigenvalue weighted by atomic mass is 9.63. The van der Waals surface area contributed by atoms with E-state index in [-0.39, 0.29) is 36.2 Å². The number of carbonyl (C=O) groups excluding carboxylic acids is 2. The number of rotatable bonds is 10. The minimum absolute atomic E-state index is 0.112. The van der Waals surface area contributed by atoms with Crippen LogP contribution in [0.2, 0.25) is 10.0 Å². The molecule has 1 spiro atoms. The first-order chi connectivity index (χ1) is 18.7. The van der Waals surface area contributed by atoms with E-state index in [1.807, 2.05) is 12.1 Å². The Balaban J connectivity index is 1.62. The molecule has 0 aliphatic carbocycles. The summed E-state index contributed by atoms with van der Waals surface area (Å²) in [6.45, 7) is -0.385. The molecule has 1 amide bonds. The van der Waals surface area contributed by atoms with Crippen molar-refractivity contribution in [1.82, 2.24) is 5.32 Å². The number of nitrogens with one attached hydrogen (secondary N) is 2. The fourth-order valence-corrected chi connectivity index (χ4v) is 6.53. The molecule has 0 radical (unpaired) electrons.